The van der Waals surface area contributed by atoms with Crippen LogP contribution < -0.4 is 4.90 Å². The molecule has 3 heterocycles. The van der Waals surface area contributed by atoms with Crippen LogP contribution in [0.25, 0.3) is 0 Å². The highest BCUT2D eigenvalue weighted by molar-refractivity contribution is 7.90. The van der Waals surface area contributed by atoms with Crippen molar-refractivity contribution in [1.82, 2.24) is 20.2 Å². The molecule has 0 bridgehead atoms. The predicted octanol–water partition coefficient (Wildman–Crippen LogP) is 1.60. The van der Waals surface area contributed by atoms with Crippen molar-refractivity contribution in [2.24, 2.45) is 0 Å². The second-order valence-corrected chi connectivity index (χ2v) is 8.12. The number of H-pyrrole nitrogens is 1. The second kappa shape index (κ2) is 5.92. The van der Waals surface area contributed by atoms with Gasteiger partial charge in [-0.05, 0) is 32.8 Å². The molecule has 8 heteroatoms. The van der Waals surface area contributed by atoms with Crippen LogP contribution in [0.3, 0.4) is 0 Å². The quantitative estimate of drug-likeness (QED) is 0.916. The molecule has 0 amide bonds. The number of nitrogens with zero attached hydrogens (tertiary/aromatic N) is 4. The van der Waals surface area contributed by atoms with Gasteiger partial charge in [-0.15, -0.1) is 0 Å². The number of aromatic amines is 1. The summed E-state index contributed by atoms with van der Waals surface area (Å²) < 4.78 is 23.7. The molecule has 0 saturated carbocycles. The lowest BCUT2D eigenvalue weighted by Crippen LogP contribution is -2.34. The van der Waals surface area contributed by atoms with Crippen LogP contribution in [-0.4, -0.2) is 47.9 Å². The Morgan fingerprint density at radius 2 is 1.78 bits per heavy atom. The number of aromatic nitrogens is 4. The predicted molar refractivity (Wildman–Crippen MR) is 87.4 cm³/mol. The van der Waals surface area contributed by atoms with Crippen LogP contribution in [0.4, 0.5) is 5.95 Å². The second-order valence-electron chi connectivity index (χ2n) is 6.13. The first-order valence-corrected chi connectivity index (χ1v) is 9.54. The summed E-state index contributed by atoms with van der Waals surface area (Å²) >= 11 is 0. The molecule has 7 nitrogen and oxygen atoms in total. The number of sulfone groups is 1. The molecule has 0 aliphatic carbocycles. The Balaban J connectivity index is 1.75. The minimum Gasteiger partial charge on any atom is -0.341 e. The molecule has 0 spiro atoms. The van der Waals surface area contributed by atoms with Crippen molar-refractivity contribution in [3.63, 3.8) is 0 Å². The number of piperidine rings is 1. The van der Waals surface area contributed by atoms with Gasteiger partial charge in [0.1, 0.15) is 4.90 Å². The molecular weight excluding hydrogens is 314 g/mol. The van der Waals surface area contributed by atoms with E-state index in [1.807, 2.05) is 19.9 Å². The highest BCUT2D eigenvalue weighted by Crippen LogP contribution is 2.31. The van der Waals surface area contributed by atoms with Crippen molar-refractivity contribution in [1.29, 1.82) is 0 Å². The third-order valence-corrected chi connectivity index (χ3v) is 5.31. The summed E-state index contributed by atoms with van der Waals surface area (Å²) in [5.41, 5.74) is 2.65. The van der Waals surface area contributed by atoms with Gasteiger partial charge >= 0.3 is 0 Å². The maximum atomic E-state index is 11.8. The van der Waals surface area contributed by atoms with E-state index in [1.54, 1.807) is 0 Å². The molecule has 2 aromatic heterocycles. The summed E-state index contributed by atoms with van der Waals surface area (Å²) in [5.74, 6) is 0.929. The van der Waals surface area contributed by atoms with E-state index in [-0.39, 0.29) is 5.92 Å². The molecule has 1 saturated heterocycles. The van der Waals surface area contributed by atoms with E-state index in [4.69, 9.17) is 0 Å². The largest absolute Gasteiger partial charge is 0.341 e. The Morgan fingerprint density at radius 1 is 1.17 bits per heavy atom. The smallest absolute Gasteiger partial charge is 0.225 e. The third-order valence-electron chi connectivity index (χ3n) is 4.19. The Morgan fingerprint density at radius 3 is 2.35 bits per heavy atom. The Kier molecular flexibility index (Phi) is 4.09. The van der Waals surface area contributed by atoms with Gasteiger partial charge in [-0.1, -0.05) is 0 Å². The number of anilines is 1. The van der Waals surface area contributed by atoms with Crippen molar-refractivity contribution in [2.75, 3.05) is 24.2 Å². The summed E-state index contributed by atoms with van der Waals surface area (Å²) in [6.07, 6.45) is 4.33. The molecule has 3 rings (SSSR count). The van der Waals surface area contributed by atoms with Gasteiger partial charge in [-0.2, -0.15) is 5.10 Å². The molecule has 0 aromatic carbocycles. The average Bonchev–Trinajstić information content (AvgIpc) is 2.96. The Hall–Kier alpha value is -1.96. The van der Waals surface area contributed by atoms with Gasteiger partial charge in [0.25, 0.3) is 0 Å². The molecule has 0 atom stereocenters. The zero-order chi connectivity index (χ0) is 16.6. The van der Waals surface area contributed by atoms with Crippen LogP contribution in [0.1, 0.15) is 35.8 Å². The van der Waals surface area contributed by atoms with Gasteiger partial charge in [0.2, 0.25) is 5.95 Å². The van der Waals surface area contributed by atoms with Gasteiger partial charge < -0.3 is 4.90 Å². The van der Waals surface area contributed by atoms with E-state index >= 15 is 0 Å². The summed E-state index contributed by atoms with van der Waals surface area (Å²) in [7, 11) is -3.25. The first-order chi connectivity index (χ1) is 10.8. The first kappa shape index (κ1) is 15.9. The summed E-state index contributed by atoms with van der Waals surface area (Å²) in [6.45, 7) is 5.54. The SMILES string of the molecule is Cc1cc(C)nc(N2CCC(c3[nH]ncc3S(C)(=O)=O)CC2)n1. The Bertz CT molecular complexity index is 787. The lowest BCUT2D eigenvalue weighted by Gasteiger charge is -2.32. The monoisotopic (exact) mass is 335 g/mol. The molecule has 1 fully saturated rings. The third kappa shape index (κ3) is 3.36. The zero-order valence-electron chi connectivity index (χ0n) is 13.6. The molecule has 1 aliphatic rings. The number of rotatable bonds is 3. The fourth-order valence-electron chi connectivity index (χ4n) is 3.09. The lowest BCUT2D eigenvalue weighted by atomic mass is 9.94. The van der Waals surface area contributed by atoms with Crippen LogP contribution in [0.15, 0.2) is 17.2 Å². The fraction of sp³-hybridized carbons (Fsp3) is 0.533. The van der Waals surface area contributed by atoms with E-state index in [1.165, 1.54) is 12.5 Å². The van der Waals surface area contributed by atoms with Crippen LogP contribution in [-0.2, 0) is 9.84 Å². The van der Waals surface area contributed by atoms with Crippen molar-refractivity contribution in [3.05, 3.63) is 29.3 Å². The molecule has 2 aromatic rings. The van der Waals surface area contributed by atoms with Crippen LogP contribution in [0.2, 0.25) is 0 Å². The van der Waals surface area contributed by atoms with Crippen LogP contribution >= 0.6 is 0 Å². The normalized spacial score (nSPS) is 16.7. The maximum Gasteiger partial charge on any atom is 0.225 e. The highest BCUT2D eigenvalue weighted by atomic mass is 32.2. The van der Waals surface area contributed by atoms with E-state index < -0.39 is 9.84 Å². The molecular formula is C15H21N5O2S. The van der Waals surface area contributed by atoms with Gasteiger partial charge in [0.05, 0.1) is 11.9 Å². The minimum absolute atomic E-state index is 0.171. The van der Waals surface area contributed by atoms with Crippen LogP contribution in [0, 0.1) is 13.8 Å². The van der Waals surface area contributed by atoms with E-state index in [0.717, 1.165) is 49.0 Å². The minimum atomic E-state index is -3.25. The van der Waals surface area contributed by atoms with Crippen molar-refractivity contribution in [2.45, 2.75) is 37.5 Å². The van der Waals surface area contributed by atoms with Crippen LogP contribution in [0.5, 0.6) is 0 Å². The number of nitrogens with one attached hydrogen (secondary N) is 1. The van der Waals surface area contributed by atoms with E-state index in [2.05, 4.69) is 25.1 Å². The molecule has 124 valence electrons. The standard InChI is InChI=1S/C15H21N5O2S/c1-10-8-11(2)18-15(17-10)20-6-4-12(5-7-20)14-13(9-16-19-14)23(3,21)22/h8-9,12H,4-7H2,1-3H3,(H,16,19). The van der Waals surface area contributed by atoms with E-state index in [9.17, 15) is 8.42 Å². The summed E-state index contributed by atoms with van der Waals surface area (Å²) in [5, 5.41) is 6.80. The van der Waals surface area contributed by atoms with Gasteiger partial charge in [-0.25, -0.2) is 18.4 Å². The van der Waals surface area contributed by atoms with Crippen molar-refractivity contribution >= 4 is 15.8 Å². The molecule has 1 N–H and O–H groups in total. The lowest BCUT2D eigenvalue weighted by molar-refractivity contribution is 0.483. The first-order valence-electron chi connectivity index (χ1n) is 7.65. The van der Waals surface area contributed by atoms with E-state index in [0.29, 0.717) is 4.90 Å². The molecule has 23 heavy (non-hydrogen) atoms. The summed E-state index contributed by atoms with van der Waals surface area (Å²) in [4.78, 5) is 11.5. The molecule has 1 aliphatic heterocycles. The van der Waals surface area contributed by atoms with Gasteiger partial charge in [0, 0.05) is 36.7 Å². The van der Waals surface area contributed by atoms with Crippen molar-refractivity contribution < 1.29 is 8.42 Å². The maximum absolute atomic E-state index is 11.8. The molecule has 0 unspecified atom stereocenters. The van der Waals surface area contributed by atoms with Gasteiger partial charge in [-0.3, -0.25) is 5.10 Å². The number of aryl methyl sites for hydroxylation is 2. The summed E-state index contributed by atoms with van der Waals surface area (Å²) in [6, 6.07) is 1.96. The highest BCUT2D eigenvalue weighted by Gasteiger charge is 2.28. The molecule has 0 radical (unpaired) electrons. The topological polar surface area (TPSA) is 91.8 Å². The zero-order valence-corrected chi connectivity index (χ0v) is 14.4. The number of hydrogen-bond acceptors (Lipinski definition) is 6. The Labute approximate surface area is 136 Å². The van der Waals surface area contributed by atoms with Gasteiger partial charge in [0.15, 0.2) is 9.84 Å². The average molecular weight is 335 g/mol. The fourth-order valence-corrected chi connectivity index (χ4v) is 3.95. The number of hydrogen-bond donors (Lipinski definition) is 1. The van der Waals surface area contributed by atoms with Crippen molar-refractivity contribution in [3.8, 4) is 0 Å².